The highest BCUT2D eigenvalue weighted by Gasteiger charge is 2.22. The van der Waals surface area contributed by atoms with E-state index in [1.54, 1.807) is 17.5 Å². The van der Waals surface area contributed by atoms with E-state index in [0.29, 0.717) is 5.92 Å². The largest absolute Gasteiger partial charge is 0.316 e. The van der Waals surface area contributed by atoms with Gasteiger partial charge in [0, 0.05) is 23.7 Å². The van der Waals surface area contributed by atoms with Gasteiger partial charge < -0.3 is 5.32 Å². The van der Waals surface area contributed by atoms with Gasteiger partial charge in [-0.15, -0.1) is 11.3 Å². The number of rotatable bonds is 3. The summed E-state index contributed by atoms with van der Waals surface area (Å²) in [6.45, 7) is 0. The number of aromatic nitrogens is 3. The molecule has 2 aromatic heterocycles. The molecule has 0 aromatic carbocycles. The number of nitrogens with one attached hydrogen (secondary N) is 1. The van der Waals surface area contributed by atoms with Crippen LogP contribution in [0.25, 0.3) is 0 Å². The molecule has 0 amide bonds. The van der Waals surface area contributed by atoms with Crippen LogP contribution in [0, 0.1) is 0 Å². The molecule has 1 fully saturated rings. The Morgan fingerprint density at radius 3 is 2.88 bits per heavy atom. The van der Waals surface area contributed by atoms with Gasteiger partial charge in [0.1, 0.15) is 11.6 Å². The molecule has 0 aliphatic heterocycles. The molecule has 0 spiro atoms. The minimum absolute atomic E-state index is 0.568. The minimum atomic E-state index is 0.568. The van der Waals surface area contributed by atoms with Crippen molar-refractivity contribution in [2.24, 2.45) is 0 Å². The highest BCUT2D eigenvalue weighted by molar-refractivity contribution is 7.13. The van der Waals surface area contributed by atoms with E-state index in [0.717, 1.165) is 16.8 Å². The summed E-state index contributed by atoms with van der Waals surface area (Å²) in [5.41, 5.74) is 0. The zero-order valence-corrected chi connectivity index (χ0v) is 9.57. The molecular formula is C11H12N4S. The Labute approximate surface area is 97.8 Å². The summed E-state index contributed by atoms with van der Waals surface area (Å²) in [5, 5.41) is 6.00. The van der Waals surface area contributed by atoms with E-state index in [4.69, 9.17) is 0 Å². The van der Waals surface area contributed by atoms with Crippen molar-refractivity contribution in [2.75, 3.05) is 5.32 Å². The number of hydrogen-bond donors (Lipinski definition) is 1. The van der Waals surface area contributed by atoms with Crippen molar-refractivity contribution < 1.29 is 0 Å². The maximum absolute atomic E-state index is 4.51. The molecule has 1 N–H and O–H groups in total. The van der Waals surface area contributed by atoms with Crippen molar-refractivity contribution in [3.05, 3.63) is 29.7 Å². The van der Waals surface area contributed by atoms with Gasteiger partial charge in [0.25, 0.3) is 0 Å². The summed E-state index contributed by atoms with van der Waals surface area (Å²) >= 11 is 1.57. The lowest BCUT2D eigenvalue weighted by Crippen LogP contribution is -2.13. The van der Waals surface area contributed by atoms with Gasteiger partial charge in [0.2, 0.25) is 0 Å². The number of hydrogen-bond acceptors (Lipinski definition) is 5. The van der Waals surface area contributed by atoms with Crippen LogP contribution in [0.4, 0.5) is 10.9 Å². The molecule has 5 heteroatoms. The van der Waals surface area contributed by atoms with Crippen LogP contribution in [0.5, 0.6) is 0 Å². The minimum Gasteiger partial charge on any atom is -0.316 e. The Hall–Kier alpha value is -1.49. The second-order valence-electron chi connectivity index (χ2n) is 3.89. The molecule has 1 aliphatic carbocycles. The van der Waals surface area contributed by atoms with Crippen molar-refractivity contribution in [3.63, 3.8) is 0 Å². The summed E-state index contributed by atoms with van der Waals surface area (Å²) in [7, 11) is 0. The fraction of sp³-hybridized carbons (Fsp3) is 0.364. The first-order valence-corrected chi connectivity index (χ1v) is 6.29. The molecular weight excluding hydrogens is 220 g/mol. The van der Waals surface area contributed by atoms with Crippen LogP contribution < -0.4 is 5.32 Å². The van der Waals surface area contributed by atoms with Crippen LogP contribution in [0.1, 0.15) is 31.0 Å². The lowest BCUT2D eigenvalue weighted by Gasteiger charge is -2.23. The third-order valence-corrected chi connectivity index (χ3v) is 3.50. The molecule has 1 aliphatic rings. The summed E-state index contributed by atoms with van der Waals surface area (Å²) in [6.07, 6.45) is 7.34. The predicted octanol–water partition coefficient (Wildman–Crippen LogP) is 2.94. The first kappa shape index (κ1) is 9.72. The maximum atomic E-state index is 4.51. The molecule has 0 unspecified atom stereocenters. The molecule has 1 saturated carbocycles. The second-order valence-corrected chi connectivity index (χ2v) is 4.78. The highest BCUT2D eigenvalue weighted by Crippen LogP contribution is 2.34. The van der Waals surface area contributed by atoms with Gasteiger partial charge in [0.05, 0.1) is 0 Å². The number of nitrogens with zero attached hydrogens (tertiary/aromatic N) is 3. The molecule has 0 bridgehead atoms. The number of anilines is 2. The van der Waals surface area contributed by atoms with Gasteiger partial charge in [-0.2, -0.15) is 0 Å². The van der Waals surface area contributed by atoms with E-state index < -0.39 is 0 Å². The van der Waals surface area contributed by atoms with Crippen molar-refractivity contribution in [3.8, 4) is 0 Å². The first-order chi connectivity index (χ1) is 7.92. The molecule has 16 heavy (non-hydrogen) atoms. The average Bonchev–Trinajstić information content (AvgIpc) is 2.68. The molecule has 2 aromatic rings. The van der Waals surface area contributed by atoms with Crippen molar-refractivity contribution in [2.45, 2.75) is 25.2 Å². The zero-order valence-electron chi connectivity index (χ0n) is 8.76. The number of thiazole rings is 1. The fourth-order valence-corrected chi connectivity index (χ4v) is 2.24. The zero-order chi connectivity index (χ0) is 10.8. The quantitative estimate of drug-likeness (QED) is 0.884. The standard InChI is InChI=1S/C11H12N4S/c1-2-8(3-1)10-12-5-4-9(14-10)15-11-13-6-7-16-11/h4-8H,1-3H2,(H,12,13,14,15). The Morgan fingerprint density at radius 2 is 2.19 bits per heavy atom. The summed E-state index contributed by atoms with van der Waals surface area (Å²) in [6, 6.07) is 1.88. The third-order valence-electron chi connectivity index (χ3n) is 2.81. The SMILES string of the molecule is c1cc(Nc2nccs2)nc(C2CCC2)n1. The molecule has 2 heterocycles. The van der Waals surface area contributed by atoms with Crippen LogP contribution in [0.2, 0.25) is 0 Å². The van der Waals surface area contributed by atoms with E-state index in [2.05, 4.69) is 20.3 Å². The molecule has 0 saturated heterocycles. The van der Waals surface area contributed by atoms with Gasteiger partial charge in [-0.05, 0) is 18.9 Å². The van der Waals surface area contributed by atoms with E-state index >= 15 is 0 Å². The summed E-state index contributed by atoms with van der Waals surface area (Å²) in [5.74, 6) is 2.37. The Morgan fingerprint density at radius 1 is 1.25 bits per heavy atom. The monoisotopic (exact) mass is 232 g/mol. The van der Waals surface area contributed by atoms with Gasteiger partial charge in [0.15, 0.2) is 5.13 Å². The van der Waals surface area contributed by atoms with Crippen molar-refractivity contribution in [1.82, 2.24) is 15.0 Å². The van der Waals surface area contributed by atoms with E-state index in [1.807, 2.05) is 17.6 Å². The van der Waals surface area contributed by atoms with Crippen LogP contribution in [0.15, 0.2) is 23.8 Å². The van der Waals surface area contributed by atoms with Crippen LogP contribution >= 0.6 is 11.3 Å². The normalized spacial score (nSPS) is 15.8. The molecule has 3 rings (SSSR count). The van der Waals surface area contributed by atoms with Crippen LogP contribution in [0.3, 0.4) is 0 Å². The van der Waals surface area contributed by atoms with E-state index in [1.165, 1.54) is 19.3 Å². The van der Waals surface area contributed by atoms with Crippen molar-refractivity contribution >= 4 is 22.3 Å². The fourth-order valence-electron chi connectivity index (χ4n) is 1.70. The average molecular weight is 232 g/mol. The maximum Gasteiger partial charge on any atom is 0.188 e. The van der Waals surface area contributed by atoms with Crippen molar-refractivity contribution in [1.29, 1.82) is 0 Å². The third kappa shape index (κ3) is 1.90. The summed E-state index contributed by atoms with van der Waals surface area (Å²) in [4.78, 5) is 13.0. The Bertz CT molecular complexity index is 465. The van der Waals surface area contributed by atoms with E-state index in [9.17, 15) is 0 Å². The topological polar surface area (TPSA) is 50.7 Å². The van der Waals surface area contributed by atoms with Gasteiger partial charge >= 0.3 is 0 Å². The second kappa shape index (κ2) is 4.17. The molecule has 0 atom stereocenters. The summed E-state index contributed by atoms with van der Waals surface area (Å²) < 4.78 is 0. The predicted molar refractivity (Wildman–Crippen MR) is 64.0 cm³/mol. The Kier molecular flexibility index (Phi) is 2.53. The highest BCUT2D eigenvalue weighted by atomic mass is 32.1. The lowest BCUT2D eigenvalue weighted by atomic mass is 9.85. The van der Waals surface area contributed by atoms with Crippen LogP contribution in [-0.2, 0) is 0 Å². The lowest BCUT2D eigenvalue weighted by molar-refractivity contribution is 0.401. The van der Waals surface area contributed by atoms with Gasteiger partial charge in [-0.1, -0.05) is 6.42 Å². The van der Waals surface area contributed by atoms with Gasteiger partial charge in [-0.3, -0.25) is 0 Å². The first-order valence-electron chi connectivity index (χ1n) is 5.41. The smallest absolute Gasteiger partial charge is 0.188 e. The van der Waals surface area contributed by atoms with Crippen LogP contribution in [-0.4, -0.2) is 15.0 Å². The van der Waals surface area contributed by atoms with Gasteiger partial charge in [-0.25, -0.2) is 15.0 Å². The molecule has 0 radical (unpaired) electrons. The Balaban J connectivity index is 1.79. The molecule has 4 nitrogen and oxygen atoms in total. The van der Waals surface area contributed by atoms with E-state index in [-0.39, 0.29) is 0 Å². The molecule has 82 valence electrons.